The van der Waals surface area contributed by atoms with Crippen molar-refractivity contribution < 1.29 is 41.0 Å². The second kappa shape index (κ2) is 6.61. The zero-order valence-corrected chi connectivity index (χ0v) is 12.1. The first-order chi connectivity index (χ1) is 11.4. The number of hydrogen-bond donors (Lipinski definition) is 1. The van der Waals surface area contributed by atoms with Crippen LogP contribution in [0.1, 0.15) is 11.3 Å². The summed E-state index contributed by atoms with van der Waals surface area (Å²) in [6.45, 7) is 0. The predicted molar refractivity (Wildman–Crippen MR) is 72.7 cm³/mol. The standard InChI is InChI=1S/C15H9F6NO3/c16-14(17,18)12-6-8(7-13(23)24)5-11(22-12)9-1-3-10(4-2-9)25-15(19,20)21/h1-6H,7H2,(H,23,24). The van der Waals surface area contributed by atoms with Gasteiger partial charge in [0.15, 0.2) is 0 Å². The molecule has 4 nitrogen and oxygen atoms in total. The molecule has 0 fully saturated rings. The first-order valence-electron chi connectivity index (χ1n) is 6.60. The van der Waals surface area contributed by atoms with Gasteiger partial charge in [0.2, 0.25) is 0 Å². The Morgan fingerprint density at radius 1 is 1.04 bits per heavy atom. The molecule has 1 heterocycles. The first-order valence-corrected chi connectivity index (χ1v) is 6.60. The van der Waals surface area contributed by atoms with E-state index < -0.39 is 36.4 Å². The minimum atomic E-state index is -4.90. The summed E-state index contributed by atoms with van der Waals surface area (Å²) in [6, 6.07) is 5.76. The van der Waals surface area contributed by atoms with Gasteiger partial charge in [-0.2, -0.15) is 13.2 Å². The van der Waals surface area contributed by atoms with Crippen molar-refractivity contribution in [3.05, 3.63) is 47.7 Å². The number of nitrogens with zero attached hydrogens (tertiary/aromatic N) is 1. The van der Waals surface area contributed by atoms with E-state index in [-0.39, 0.29) is 16.8 Å². The number of carboxylic acids is 1. The fourth-order valence-electron chi connectivity index (χ4n) is 1.98. The molecule has 1 aromatic heterocycles. The van der Waals surface area contributed by atoms with Crippen molar-refractivity contribution in [2.75, 3.05) is 0 Å². The number of ether oxygens (including phenoxy) is 1. The van der Waals surface area contributed by atoms with Gasteiger partial charge in [0.05, 0.1) is 12.1 Å². The van der Waals surface area contributed by atoms with E-state index in [9.17, 15) is 31.1 Å². The number of carbonyl (C=O) groups is 1. The highest BCUT2D eigenvalue weighted by atomic mass is 19.4. The van der Waals surface area contributed by atoms with Gasteiger partial charge in [-0.15, -0.1) is 13.2 Å². The van der Waals surface area contributed by atoms with Crippen molar-refractivity contribution >= 4 is 5.97 Å². The molecule has 0 saturated carbocycles. The summed E-state index contributed by atoms with van der Waals surface area (Å²) < 4.78 is 78.7. The van der Waals surface area contributed by atoms with Crippen LogP contribution in [0.4, 0.5) is 26.3 Å². The second-order valence-electron chi connectivity index (χ2n) is 4.89. The van der Waals surface area contributed by atoms with E-state index in [0.29, 0.717) is 6.07 Å². The molecule has 0 radical (unpaired) electrons. The average molecular weight is 365 g/mol. The zero-order valence-electron chi connectivity index (χ0n) is 12.1. The van der Waals surface area contributed by atoms with E-state index in [1.165, 1.54) is 0 Å². The number of rotatable bonds is 4. The maximum Gasteiger partial charge on any atom is 0.573 e. The highest BCUT2D eigenvalue weighted by Crippen LogP contribution is 2.32. The molecule has 0 spiro atoms. The monoisotopic (exact) mass is 365 g/mol. The molecular formula is C15H9F6NO3. The third kappa shape index (κ3) is 5.37. The smallest absolute Gasteiger partial charge is 0.481 e. The zero-order chi connectivity index (χ0) is 18.8. The van der Waals surface area contributed by atoms with Crippen LogP contribution in [0.2, 0.25) is 0 Å². The Labute approximate surface area is 136 Å². The van der Waals surface area contributed by atoms with Crippen molar-refractivity contribution in [2.24, 2.45) is 0 Å². The lowest BCUT2D eigenvalue weighted by atomic mass is 10.1. The first kappa shape index (κ1) is 18.6. The van der Waals surface area contributed by atoms with Crippen LogP contribution in [0.3, 0.4) is 0 Å². The van der Waals surface area contributed by atoms with E-state index in [1.54, 1.807) is 0 Å². The van der Waals surface area contributed by atoms with Gasteiger partial charge in [-0.25, -0.2) is 4.98 Å². The van der Waals surface area contributed by atoms with Crippen LogP contribution in [0.5, 0.6) is 5.75 Å². The molecule has 0 aliphatic heterocycles. The van der Waals surface area contributed by atoms with Crippen LogP contribution in [-0.4, -0.2) is 22.4 Å². The molecule has 1 aromatic carbocycles. The fourth-order valence-corrected chi connectivity index (χ4v) is 1.98. The summed E-state index contributed by atoms with van der Waals surface area (Å²) >= 11 is 0. The van der Waals surface area contributed by atoms with E-state index in [0.717, 1.165) is 30.3 Å². The summed E-state index contributed by atoms with van der Waals surface area (Å²) in [5.41, 5.74) is -1.57. The van der Waals surface area contributed by atoms with Gasteiger partial charge in [0.1, 0.15) is 11.4 Å². The van der Waals surface area contributed by atoms with E-state index in [4.69, 9.17) is 5.11 Å². The molecule has 0 amide bonds. The Morgan fingerprint density at radius 2 is 1.64 bits per heavy atom. The van der Waals surface area contributed by atoms with Crippen LogP contribution in [0.25, 0.3) is 11.3 Å². The number of halogens is 6. The molecule has 0 bridgehead atoms. The molecule has 0 unspecified atom stereocenters. The van der Waals surface area contributed by atoms with Crippen molar-refractivity contribution in [2.45, 2.75) is 19.0 Å². The van der Waals surface area contributed by atoms with Gasteiger partial charge < -0.3 is 9.84 Å². The van der Waals surface area contributed by atoms with Crippen LogP contribution in [0, 0.1) is 0 Å². The molecular weight excluding hydrogens is 356 g/mol. The van der Waals surface area contributed by atoms with Gasteiger partial charge in [-0.3, -0.25) is 4.79 Å². The number of benzene rings is 1. The number of pyridine rings is 1. The second-order valence-corrected chi connectivity index (χ2v) is 4.89. The molecule has 2 rings (SSSR count). The number of aromatic nitrogens is 1. The van der Waals surface area contributed by atoms with Crippen molar-refractivity contribution in [1.29, 1.82) is 0 Å². The molecule has 0 aliphatic carbocycles. The molecule has 134 valence electrons. The maximum absolute atomic E-state index is 12.9. The van der Waals surface area contributed by atoms with Gasteiger partial charge in [-0.05, 0) is 42.0 Å². The van der Waals surface area contributed by atoms with Crippen LogP contribution >= 0.6 is 0 Å². The molecule has 0 saturated heterocycles. The highest BCUT2D eigenvalue weighted by molar-refractivity contribution is 5.71. The summed E-state index contributed by atoms with van der Waals surface area (Å²) in [6.07, 6.45) is -10.4. The highest BCUT2D eigenvalue weighted by Gasteiger charge is 2.33. The largest absolute Gasteiger partial charge is 0.573 e. The van der Waals surface area contributed by atoms with Gasteiger partial charge in [0.25, 0.3) is 0 Å². The van der Waals surface area contributed by atoms with Gasteiger partial charge in [-0.1, -0.05) is 0 Å². The van der Waals surface area contributed by atoms with Crippen LogP contribution in [0.15, 0.2) is 36.4 Å². The number of aliphatic carboxylic acids is 1. The summed E-state index contributed by atoms with van der Waals surface area (Å²) in [7, 11) is 0. The van der Waals surface area contributed by atoms with Gasteiger partial charge >= 0.3 is 18.5 Å². The lowest BCUT2D eigenvalue weighted by molar-refractivity contribution is -0.274. The maximum atomic E-state index is 12.9. The lowest BCUT2D eigenvalue weighted by Gasteiger charge is -2.12. The number of hydrogen-bond acceptors (Lipinski definition) is 3. The number of carboxylic acid groups (broad SMARTS) is 1. The Balaban J connectivity index is 2.41. The SMILES string of the molecule is O=C(O)Cc1cc(-c2ccc(OC(F)(F)F)cc2)nc(C(F)(F)F)c1. The Kier molecular flexibility index (Phi) is 4.91. The lowest BCUT2D eigenvalue weighted by Crippen LogP contribution is -2.17. The average Bonchev–Trinajstić information content (AvgIpc) is 2.44. The molecule has 25 heavy (non-hydrogen) atoms. The molecule has 2 aromatic rings. The van der Waals surface area contributed by atoms with E-state index in [1.807, 2.05) is 0 Å². The Morgan fingerprint density at radius 3 is 2.12 bits per heavy atom. The van der Waals surface area contributed by atoms with Crippen molar-refractivity contribution in [3.8, 4) is 17.0 Å². The van der Waals surface area contributed by atoms with E-state index in [2.05, 4.69) is 9.72 Å². The summed E-state index contributed by atoms with van der Waals surface area (Å²) in [4.78, 5) is 14.1. The molecule has 0 aliphatic rings. The summed E-state index contributed by atoms with van der Waals surface area (Å²) in [5, 5.41) is 8.74. The van der Waals surface area contributed by atoms with Crippen LogP contribution in [-0.2, 0) is 17.4 Å². The van der Waals surface area contributed by atoms with E-state index >= 15 is 0 Å². The third-order valence-electron chi connectivity index (χ3n) is 2.91. The normalized spacial score (nSPS) is 12.1. The van der Waals surface area contributed by atoms with Crippen LogP contribution < -0.4 is 4.74 Å². The van der Waals surface area contributed by atoms with Crippen molar-refractivity contribution in [1.82, 2.24) is 4.98 Å². The quantitative estimate of drug-likeness (QED) is 0.821. The fraction of sp³-hybridized carbons (Fsp3) is 0.200. The Bertz CT molecular complexity index is 768. The molecule has 1 N–H and O–H groups in total. The topological polar surface area (TPSA) is 59.4 Å². The Hall–Kier alpha value is -2.78. The molecule has 0 atom stereocenters. The minimum absolute atomic E-state index is 0.0762. The molecule has 10 heteroatoms. The van der Waals surface area contributed by atoms with Gasteiger partial charge in [0, 0.05) is 5.56 Å². The third-order valence-corrected chi connectivity index (χ3v) is 2.91. The minimum Gasteiger partial charge on any atom is -0.481 e. The predicted octanol–water partition coefficient (Wildman–Crippen LogP) is 4.29. The number of alkyl halides is 6. The summed E-state index contributed by atoms with van der Waals surface area (Å²) in [5.74, 6) is -1.88. The van der Waals surface area contributed by atoms with Crippen molar-refractivity contribution in [3.63, 3.8) is 0 Å².